The molecule has 10 nitrogen and oxygen atoms in total. The van der Waals surface area contributed by atoms with Gasteiger partial charge in [0.15, 0.2) is 6.61 Å². The molecule has 2 aromatic rings. The highest BCUT2D eigenvalue weighted by atomic mass is 32.1. The van der Waals surface area contributed by atoms with Gasteiger partial charge >= 0.3 is 17.9 Å². The first kappa shape index (κ1) is 23.5. The van der Waals surface area contributed by atoms with Crippen molar-refractivity contribution in [3.05, 3.63) is 51.7 Å². The Bertz CT molecular complexity index is 937. The largest absolute Gasteiger partial charge is 0.465 e. The van der Waals surface area contributed by atoms with Crippen LogP contribution in [0.25, 0.3) is 0 Å². The summed E-state index contributed by atoms with van der Waals surface area (Å²) < 4.78 is 14.1. The second-order valence-corrected chi connectivity index (χ2v) is 6.92. The third-order valence-electron chi connectivity index (χ3n) is 3.78. The molecule has 0 radical (unpaired) electrons. The number of nitrogens with one attached hydrogen (secondary N) is 2. The van der Waals surface area contributed by atoms with Crippen molar-refractivity contribution >= 4 is 46.7 Å². The molecule has 0 atom stereocenters. The van der Waals surface area contributed by atoms with E-state index in [1.54, 1.807) is 17.5 Å². The lowest BCUT2D eigenvalue weighted by atomic mass is 10.1. The molecule has 2 amide bonds. The average molecular weight is 448 g/mol. The number of thiophene rings is 1. The van der Waals surface area contributed by atoms with Crippen molar-refractivity contribution in [2.75, 3.05) is 32.7 Å². The van der Waals surface area contributed by atoms with Crippen LogP contribution in [0.3, 0.4) is 0 Å². The second-order valence-electron chi connectivity index (χ2n) is 5.97. The van der Waals surface area contributed by atoms with Gasteiger partial charge in [0.2, 0.25) is 0 Å². The Labute approximate surface area is 181 Å². The molecule has 0 fully saturated rings. The highest BCUT2D eigenvalue weighted by Gasteiger charge is 2.16. The summed E-state index contributed by atoms with van der Waals surface area (Å²) >= 11 is 1.27. The van der Waals surface area contributed by atoms with E-state index in [0.717, 1.165) is 0 Å². The van der Waals surface area contributed by atoms with Crippen molar-refractivity contribution in [2.24, 2.45) is 0 Å². The van der Waals surface area contributed by atoms with Crippen LogP contribution in [0.2, 0.25) is 0 Å². The zero-order valence-corrected chi connectivity index (χ0v) is 17.6. The first-order valence-corrected chi connectivity index (χ1v) is 9.81. The standard InChI is InChI=1S/C20H20N2O8S/c1-28-19(26)12-8-13(20(27)29-2)10-14(9-12)22-16(23)11-30-17(24)5-6-21-18(25)15-4-3-7-31-15/h3-4,7-10H,5-6,11H2,1-2H3,(H,21,25)(H,22,23). The maximum Gasteiger partial charge on any atom is 0.337 e. The fraction of sp³-hybridized carbons (Fsp3) is 0.250. The summed E-state index contributed by atoms with van der Waals surface area (Å²) in [6.45, 7) is -0.533. The molecule has 2 rings (SSSR count). The van der Waals surface area contributed by atoms with Gasteiger partial charge in [0.25, 0.3) is 11.8 Å². The third-order valence-corrected chi connectivity index (χ3v) is 4.65. The van der Waals surface area contributed by atoms with Crippen molar-refractivity contribution in [1.82, 2.24) is 5.32 Å². The van der Waals surface area contributed by atoms with E-state index >= 15 is 0 Å². The molecule has 2 N–H and O–H groups in total. The number of ether oxygens (including phenoxy) is 3. The van der Waals surface area contributed by atoms with E-state index in [-0.39, 0.29) is 35.7 Å². The van der Waals surface area contributed by atoms with Gasteiger partial charge in [-0.25, -0.2) is 9.59 Å². The Morgan fingerprint density at radius 3 is 2.16 bits per heavy atom. The van der Waals surface area contributed by atoms with Crippen LogP contribution in [-0.4, -0.2) is 57.1 Å². The Morgan fingerprint density at radius 1 is 0.968 bits per heavy atom. The van der Waals surface area contributed by atoms with Crippen molar-refractivity contribution in [3.63, 3.8) is 0 Å². The molecular weight excluding hydrogens is 428 g/mol. The summed E-state index contributed by atoms with van der Waals surface area (Å²) in [4.78, 5) is 59.7. The molecule has 0 unspecified atom stereocenters. The fourth-order valence-corrected chi connectivity index (χ4v) is 3.00. The summed E-state index contributed by atoms with van der Waals surface area (Å²) in [6.07, 6.45) is -0.116. The highest BCUT2D eigenvalue weighted by Crippen LogP contribution is 2.17. The van der Waals surface area contributed by atoms with Crippen molar-refractivity contribution in [2.45, 2.75) is 6.42 Å². The van der Waals surface area contributed by atoms with Gasteiger partial charge in [-0.3, -0.25) is 14.4 Å². The molecule has 1 aromatic heterocycles. The first-order chi connectivity index (χ1) is 14.8. The number of benzene rings is 1. The lowest BCUT2D eigenvalue weighted by Gasteiger charge is -2.10. The number of esters is 3. The van der Waals surface area contributed by atoms with Gasteiger partial charge in [0.1, 0.15) is 0 Å². The number of anilines is 1. The normalized spacial score (nSPS) is 10.0. The maximum absolute atomic E-state index is 12.1. The molecule has 0 saturated carbocycles. The average Bonchev–Trinajstić information content (AvgIpc) is 3.31. The van der Waals surface area contributed by atoms with Gasteiger partial charge < -0.3 is 24.8 Å². The van der Waals surface area contributed by atoms with Crippen LogP contribution < -0.4 is 10.6 Å². The van der Waals surface area contributed by atoms with E-state index in [2.05, 4.69) is 20.1 Å². The number of carbonyl (C=O) groups excluding carboxylic acids is 5. The first-order valence-electron chi connectivity index (χ1n) is 8.93. The summed E-state index contributed by atoms with van der Waals surface area (Å²) in [5.41, 5.74) is 0.172. The Kier molecular flexibility index (Phi) is 8.70. The molecule has 1 aromatic carbocycles. The SMILES string of the molecule is COC(=O)c1cc(NC(=O)COC(=O)CCNC(=O)c2cccs2)cc(C(=O)OC)c1. The third kappa shape index (κ3) is 7.23. The fourth-order valence-electron chi connectivity index (χ4n) is 2.36. The zero-order chi connectivity index (χ0) is 22.8. The number of rotatable bonds is 9. The van der Waals surface area contributed by atoms with Crippen LogP contribution in [0.5, 0.6) is 0 Å². The van der Waals surface area contributed by atoms with Crippen LogP contribution in [0.15, 0.2) is 35.7 Å². The zero-order valence-electron chi connectivity index (χ0n) is 16.8. The van der Waals surface area contributed by atoms with E-state index in [1.165, 1.54) is 43.8 Å². The van der Waals surface area contributed by atoms with Gasteiger partial charge in [-0.1, -0.05) is 6.07 Å². The van der Waals surface area contributed by atoms with E-state index in [9.17, 15) is 24.0 Å². The highest BCUT2D eigenvalue weighted by molar-refractivity contribution is 7.12. The summed E-state index contributed by atoms with van der Waals surface area (Å²) in [5.74, 6) is -3.09. The van der Waals surface area contributed by atoms with E-state index in [1.807, 2.05) is 0 Å². The van der Waals surface area contributed by atoms with E-state index in [4.69, 9.17) is 4.74 Å². The minimum Gasteiger partial charge on any atom is -0.465 e. The van der Waals surface area contributed by atoms with Crippen molar-refractivity contribution in [1.29, 1.82) is 0 Å². The molecule has 1 heterocycles. The second kappa shape index (κ2) is 11.5. The van der Waals surface area contributed by atoms with Crippen molar-refractivity contribution < 1.29 is 38.2 Å². The molecule has 0 aliphatic carbocycles. The molecule has 164 valence electrons. The lowest BCUT2D eigenvalue weighted by Crippen LogP contribution is -2.27. The van der Waals surface area contributed by atoms with Crippen LogP contribution >= 0.6 is 11.3 Å². The number of carbonyl (C=O) groups is 5. The minimum atomic E-state index is -0.711. The summed E-state index contributed by atoms with van der Waals surface area (Å²) in [7, 11) is 2.35. The van der Waals surface area contributed by atoms with Crippen LogP contribution in [0.1, 0.15) is 36.8 Å². The van der Waals surface area contributed by atoms with Gasteiger partial charge in [0, 0.05) is 12.2 Å². The molecular formula is C20H20N2O8S. The molecule has 0 saturated heterocycles. The Hall–Kier alpha value is -3.73. The van der Waals surface area contributed by atoms with Gasteiger partial charge in [-0.15, -0.1) is 11.3 Å². The Morgan fingerprint density at radius 2 is 1.61 bits per heavy atom. The maximum atomic E-state index is 12.1. The van der Waals surface area contributed by atoms with Crippen LogP contribution in [0.4, 0.5) is 5.69 Å². The molecule has 0 aliphatic rings. The molecule has 31 heavy (non-hydrogen) atoms. The van der Waals surface area contributed by atoms with Gasteiger partial charge in [-0.2, -0.15) is 0 Å². The predicted molar refractivity (Wildman–Crippen MR) is 110 cm³/mol. The molecule has 11 heteroatoms. The summed E-state index contributed by atoms with van der Waals surface area (Å²) in [5, 5.41) is 6.76. The topological polar surface area (TPSA) is 137 Å². The van der Waals surface area contributed by atoms with Crippen molar-refractivity contribution in [3.8, 4) is 0 Å². The monoisotopic (exact) mass is 448 g/mol. The van der Waals surface area contributed by atoms with Gasteiger partial charge in [-0.05, 0) is 29.6 Å². The van der Waals surface area contributed by atoms with Gasteiger partial charge in [0.05, 0.1) is 36.6 Å². The number of hydrogen-bond donors (Lipinski definition) is 2. The number of amides is 2. The minimum absolute atomic E-state index is 0.0270. The summed E-state index contributed by atoms with van der Waals surface area (Å²) in [6, 6.07) is 7.26. The molecule has 0 bridgehead atoms. The lowest BCUT2D eigenvalue weighted by molar-refractivity contribution is -0.147. The smallest absolute Gasteiger partial charge is 0.337 e. The van der Waals surface area contributed by atoms with Crippen LogP contribution in [0, 0.1) is 0 Å². The number of hydrogen-bond acceptors (Lipinski definition) is 9. The predicted octanol–water partition coefficient (Wildman–Crippen LogP) is 1.62. The Balaban J connectivity index is 1.85. The molecule has 0 aliphatic heterocycles. The van der Waals surface area contributed by atoms with E-state index in [0.29, 0.717) is 4.88 Å². The number of methoxy groups -OCH3 is 2. The van der Waals surface area contributed by atoms with Crippen LogP contribution in [-0.2, 0) is 23.8 Å². The molecule has 0 spiro atoms. The quantitative estimate of drug-likeness (QED) is 0.436. The van der Waals surface area contributed by atoms with E-state index < -0.39 is 30.4 Å².